The maximum Gasteiger partial charge on any atom is 0.161 e. The highest BCUT2D eigenvalue weighted by atomic mass is 16.1. The summed E-state index contributed by atoms with van der Waals surface area (Å²) in [5, 5.41) is 0. The Kier molecular flexibility index (Phi) is 4.40. The molecule has 0 aliphatic rings. The van der Waals surface area contributed by atoms with Crippen LogP contribution in [0.3, 0.4) is 0 Å². The highest BCUT2D eigenvalue weighted by Gasteiger charge is 1.70. The average Bonchev–Trinajstić information content (AvgIpc) is 1.80. The standard InChI is InChI=1S/C6H10N2O/c1-8(2)5-3-7-4-6-9/h3-6H,1-2H3/b5-3-,7-4?. The molecule has 3 heteroatoms. The molecule has 0 unspecified atom stereocenters. The maximum atomic E-state index is 9.65. The van der Waals surface area contributed by atoms with Crippen LogP contribution in [0.5, 0.6) is 0 Å². The van der Waals surface area contributed by atoms with Crippen molar-refractivity contribution in [2.24, 2.45) is 4.99 Å². The molecule has 0 aromatic heterocycles. The predicted molar refractivity (Wildman–Crippen MR) is 37.4 cm³/mol. The van der Waals surface area contributed by atoms with Gasteiger partial charge in [0.2, 0.25) is 0 Å². The Morgan fingerprint density at radius 2 is 2.11 bits per heavy atom. The fraction of sp³-hybridized carbons (Fsp3) is 0.333. The molecule has 0 aromatic carbocycles. The summed E-state index contributed by atoms with van der Waals surface area (Å²) < 4.78 is 0. The molecule has 0 rings (SSSR count). The van der Waals surface area contributed by atoms with Crippen molar-refractivity contribution >= 4 is 12.5 Å². The third-order valence-electron chi connectivity index (χ3n) is 0.598. The van der Waals surface area contributed by atoms with Crippen molar-refractivity contribution in [3.05, 3.63) is 12.4 Å². The summed E-state index contributed by atoms with van der Waals surface area (Å²) in [5.41, 5.74) is 0. The fourth-order valence-corrected chi connectivity index (χ4v) is 0.257. The number of rotatable bonds is 3. The molecule has 0 atom stereocenters. The van der Waals surface area contributed by atoms with Gasteiger partial charge in [-0.1, -0.05) is 0 Å². The van der Waals surface area contributed by atoms with Gasteiger partial charge in [-0.3, -0.25) is 9.79 Å². The summed E-state index contributed by atoms with van der Waals surface area (Å²) in [6, 6.07) is 0. The first kappa shape index (κ1) is 7.88. The van der Waals surface area contributed by atoms with E-state index in [0.29, 0.717) is 6.29 Å². The minimum Gasteiger partial charge on any atom is -0.382 e. The van der Waals surface area contributed by atoms with Crippen molar-refractivity contribution in [3.63, 3.8) is 0 Å². The van der Waals surface area contributed by atoms with E-state index in [1.165, 1.54) is 6.21 Å². The van der Waals surface area contributed by atoms with Gasteiger partial charge < -0.3 is 4.90 Å². The van der Waals surface area contributed by atoms with Gasteiger partial charge >= 0.3 is 0 Å². The number of aliphatic imine (C=N–C) groups is 1. The Labute approximate surface area is 54.7 Å². The van der Waals surface area contributed by atoms with E-state index in [-0.39, 0.29) is 0 Å². The van der Waals surface area contributed by atoms with Crippen LogP contribution < -0.4 is 0 Å². The highest BCUT2D eigenvalue weighted by Crippen LogP contribution is 1.76. The molecule has 0 spiro atoms. The van der Waals surface area contributed by atoms with Crippen LogP contribution in [0, 0.1) is 0 Å². The van der Waals surface area contributed by atoms with Gasteiger partial charge in [-0.15, -0.1) is 0 Å². The number of carbonyl (C=O) groups excluding carboxylic acids is 1. The molecule has 0 fully saturated rings. The second-order valence-electron chi connectivity index (χ2n) is 1.70. The molecule has 0 amide bonds. The normalized spacial score (nSPS) is 10.9. The zero-order chi connectivity index (χ0) is 7.11. The van der Waals surface area contributed by atoms with E-state index in [2.05, 4.69) is 4.99 Å². The number of nitrogens with zero attached hydrogens (tertiary/aromatic N) is 2. The van der Waals surface area contributed by atoms with E-state index in [0.717, 1.165) is 0 Å². The third-order valence-corrected chi connectivity index (χ3v) is 0.598. The van der Waals surface area contributed by atoms with Gasteiger partial charge in [0, 0.05) is 26.5 Å². The summed E-state index contributed by atoms with van der Waals surface area (Å²) in [5.74, 6) is 0. The van der Waals surface area contributed by atoms with E-state index in [9.17, 15) is 4.79 Å². The van der Waals surface area contributed by atoms with Crippen molar-refractivity contribution in [2.75, 3.05) is 14.1 Å². The van der Waals surface area contributed by atoms with Crippen molar-refractivity contribution in [1.82, 2.24) is 4.90 Å². The molecule has 0 aliphatic carbocycles. The number of hydrogen-bond donors (Lipinski definition) is 0. The second-order valence-corrected chi connectivity index (χ2v) is 1.70. The quantitative estimate of drug-likeness (QED) is 0.402. The van der Waals surface area contributed by atoms with Crippen LogP contribution in [0.2, 0.25) is 0 Å². The Morgan fingerprint density at radius 1 is 1.44 bits per heavy atom. The van der Waals surface area contributed by atoms with Crippen LogP contribution in [-0.4, -0.2) is 31.5 Å². The van der Waals surface area contributed by atoms with Gasteiger partial charge in [0.1, 0.15) is 0 Å². The van der Waals surface area contributed by atoms with Crippen LogP contribution in [-0.2, 0) is 4.79 Å². The minimum atomic E-state index is 0.639. The van der Waals surface area contributed by atoms with E-state index >= 15 is 0 Å². The van der Waals surface area contributed by atoms with Crippen molar-refractivity contribution < 1.29 is 4.79 Å². The first-order chi connectivity index (χ1) is 4.27. The van der Waals surface area contributed by atoms with Crippen LogP contribution >= 0.6 is 0 Å². The average molecular weight is 126 g/mol. The molecule has 0 heterocycles. The summed E-state index contributed by atoms with van der Waals surface area (Å²) in [6.45, 7) is 0. The monoisotopic (exact) mass is 126 g/mol. The molecule has 0 radical (unpaired) electrons. The largest absolute Gasteiger partial charge is 0.382 e. The van der Waals surface area contributed by atoms with Crippen LogP contribution in [0.4, 0.5) is 0 Å². The smallest absolute Gasteiger partial charge is 0.161 e. The first-order valence-electron chi connectivity index (χ1n) is 2.57. The number of aldehydes is 1. The zero-order valence-corrected chi connectivity index (χ0v) is 5.61. The molecular formula is C6H10N2O. The number of hydrogen-bond acceptors (Lipinski definition) is 3. The molecule has 0 aromatic rings. The summed E-state index contributed by atoms with van der Waals surface area (Å²) in [6.07, 6.45) is 5.13. The lowest BCUT2D eigenvalue weighted by atomic mass is 10.8. The topological polar surface area (TPSA) is 32.7 Å². The molecule has 0 bridgehead atoms. The SMILES string of the molecule is CN(C)/C=C\N=CC=O. The van der Waals surface area contributed by atoms with Gasteiger partial charge in [-0.05, 0) is 0 Å². The van der Waals surface area contributed by atoms with E-state index < -0.39 is 0 Å². The summed E-state index contributed by atoms with van der Waals surface area (Å²) in [7, 11) is 3.76. The molecule has 0 aliphatic heterocycles. The Bertz CT molecular complexity index is 127. The summed E-state index contributed by atoms with van der Waals surface area (Å²) in [4.78, 5) is 15.1. The molecule has 50 valence electrons. The minimum absolute atomic E-state index is 0.639. The Hall–Kier alpha value is -1.12. The molecule has 3 nitrogen and oxygen atoms in total. The molecular weight excluding hydrogens is 116 g/mol. The lowest BCUT2D eigenvalue weighted by Crippen LogP contribution is -1.99. The second kappa shape index (κ2) is 5.03. The van der Waals surface area contributed by atoms with Gasteiger partial charge in [0.25, 0.3) is 0 Å². The molecule has 0 saturated carbocycles. The lowest BCUT2D eigenvalue weighted by Gasteiger charge is -1.99. The van der Waals surface area contributed by atoms with Gasteiger partial charge in [0.05, 0.1) is 6.21 Å². The Balaban J connectivity index is 3.46. The third kappa shape index (κ3) is 6.88. The van der Waals surface area contributed by atoms with Crippen molar-refractivity contribution in [2.45, 2.75) is 0 Å². The number of carbonyl (C=O) groups is 1. The van der Waals surface area contributed by atoms with Crippen LogP contribution in [0.15, 0.2) is 17.4 Å². The van der Waals surface area contributed by atoms with Crippen molar-refractivity contribution in [1.29, 1.82) is 0 Å². The van der Waals surface area contributed by atoms with Gasteiger partial charge in [0.15, 0.2) is 6.29 Å². The van der Waals surface area contributed by atoms with Gasteiger partial charge in [-0.25, -0.2) is 0 Å². The molecule has 0 saturated heterocycles. The lowest BCUT2D eigenvalue weighted by molar-refractivity contribution is -0.102. The molecule has 9 heavy (non-hydrogen) atoms. The maximum absolute atomic E-state index is 9.65. The van der Waals surface area contributed by atoms with E-state index in [1.807, 2.05) is 19.0 Å². The predicted octanol–water partition coefficient (Wildman–Crippen LogP) is 0.289. The van der Waals surface area contributed by atoms with E-state index in [1.54, 1.807) is 12.4 Å². The first-order valence-corrected chi connectivity index (χ1v) is 2.57. The van der Waals surface area contributed by atoms with Crippen molar-refractivity contribution in [3.8, 4) is 0 Å². The van der Waals surface area contributed by atoms with Crippen LogP contribution in [0.25, 0.3) is 0 Å². The highest BCUT2D eigenvalue weighted by molar-refractivity contribution is 6.13. The summed E-state index contributed by atoms with van der Waals surface area (Å²) >= 11 is 0. The fourth-order valence-electron chi connectivity index (χ4n) is 0.257. The van der Waals surface area contributed by atoms with E-state index in [4.69, 9.17) is 0 Å². The van der Waals surface area contributed by atoms with Gasteiger partial charge in [-0.2, -0.15) is 0 Å². The Morgan fingerprint density at radius 3 is 2.56 bits per heavy atom. The molecule has 0 N–H and O–H groups in total. The van der Waals surface area contributed by atoms with Crippen LogP contribution in [0.1, 0.15) is 0 Å². The zero-order valence-electron chi connectivity index (χ0n) is 5.61.